The molecule has 0 N–H and O–H groups in total. The average molecular weight is 373 g/mol. The van der Waals surface area contributed by atoms with E-state index in [0.717, 1.165) is 6.07 Å². The monoisotopic (exact) mass is 373 g/mol. The number of nitro benzene ring substituents is 1. The van der Waals surface area contributed by atoms with Crippen LogP contribution < -0.4 is 4.74 Å². The van der Waals surface area contributed by atoms with Crippen molar-refractivity contribution in [3.8, 4) is 17.1 Å². The Bertz CT molecular complexity index is 987. The Morgan fingerprint density at radius 1 is 1.26 bits per heavy atom. The van der Waals surface area contributed by atoms with Crippen LogP contribution in [0.5, 0.6) is 5.75 Å². The second kappa shape index (κ2) is 7.60. The van der Waals surface area contributed by atoms with Crippen LogP contribution in [0.2, 0.25) is 0 Å². The molecule has 27 heavy (non-hydrogen) atoms. The SMILES string of the molecule is COC(=O)c1ccc(OCc2nc(-c3ccc(F)cc3)no2)c([N+](=O)[O-])c1. The summed E-state index contributed by atoms with van der Waals surface area (Å²) in [7, 11) is 1.17. The lowest BCUT2D eigenvalue weighted by Crippen LogP contribution is -2.04. The Hall–Kier alpha value is -3.82. The number of ether oxygens (including phenoxy) is 2. The third-order valence-electron chi connectivity index (χ3n) is 3.50. The van der Waals surface area contributed by atoms with Crippen molar-refractivity contribution in [3.63, 3.8) is 0 Å². The smallest absolute Gasteiger partial charge is 0.338 e. The molecule has 0 amide bonds. The number of methoxy groups -OCH3 is 1. The van der Waals surface area contributed by atoms with E-state index in [-0.39, 0.29) is 29.6 Å². The Labute approximate surface area is 151 Å². The van der Waals surface area contributed by atoms with Crippen LogP contribution in [0.15, 0.2) is 47.0 Å². The molecule has 0 atom stereocenters. The van der Waals surface area contributed by atoms with Crippen molar-refractivity contribution in [2.75, 3.05) is 7.11 Å². The van der Waals surface area contributed by atoms with E-state index in [2.05, 4.69) is 14.9 Å². The molecule has 1 heterocycles. The molecule has 0 aliphatic carbocycles. The number of nitro groups is 1. The van der Waals surface area contributed by atoms with Gasteiger partial charge < -0.3 is 14.0 Å². The van der Waals surface area contributed by atoms with Gasteiger partial charge in [-0.1, -0.05) is 5.16 Å². The number of hydrogen-bond donors (Lipinski definition) is 0. The molecule has 138 valence electrons. The minimum Gasteiger partial charge on any atom is -0.477 e. The fraction of sp³-hybridized carbons (Fsp3) is 0.118. The van der Waals surface area contributed by atoms with Gasteiger partial charge in [0.2, 0.25) is 5.82 Å². The molecular formula is C17H12FN3O6. The number of nitrogens with zero attached hydrogens (tertiary/aromatic N) is 3. The van der Waals surface area contributed by atoms with Crippen molar-refractivity contribution in [2.45, 2.75) is 6.61 Å². The van der Waals surface area contributed by atoms with Crippen LogP contribution in [0.3, 0.4) is 0 Å². The number of benzene rings is 2. The predicted molar refractivity (Wildman–Crippen MR) is 88.5 cm³/mol. The standard InChI is InChI=1S/C17H12FN3O6/c1-25-17(22)11-4-7-14(13(8-11)21(23)24)26-9-15-19-16(20-27-15)10-2-5-12(18)6-3-10/h2-8H,9H2,1H3. The van der Waals surface area contributed by atoms with E-state index in [1.165, 1.54) is 43.5 Å². The fourth-order valence-corrected chi connectivity index (χ4v) is 2.20. The molecule has 0 unspecified atom stereocenters. The summed E-state index contributed by atoms with van der Waals surface area (Å²) in [6, 6.07) is 9.16. The van der Waals surface area contributed by atoms with Crippen LogP contribution in [-0.4, -0.2) is 28.1 Å². The van der Waals surface area contributed by atoms with Gasteiger partial charge in [-0.25, -0.2) is 9.18 Å². The van der Waals surface area contributed by atoms with E-state index in [1.807, 2.05) is 0 Å². The number of carbonyl (C=O) groups is 1. The van der Waals surface area contributed by atoms with Crippen LogP contribution in [-0.2, 0) is 11.3 Å². The lowest BCUT2D eigenvalue weighted by molar-refractivity contribution is -0.386. The third kappa shape index (κ3) is 4.06. The molecule has 0 saturated heterocycles. The summed E-state index contributed by atoms with van der Waals surface area (Å²) >= 11 is 0. The minimum absolute atomic E-state index is 0.0212. The lowest BCUT2D eigenvalue weighted by Gasteiger charge is -2.05. The Balaban J connectivity index is 1.76. The van der Waals surface area contributed by atoms with Crippen LogP contribution in [0.4, 0.5) is 10.1 Å². The summed E-state index contributed by atoms with van der Waals surface area (Å²) in [5, 5.41) is 15.0. The zero-order chi connectivity index (χ0) is 19.4. The number of halogens is 1. The molecule has 0 aliphatic heterocycles. The highest BCUT2D eigenvalue weighted by atomic mass is 19.1. The summed E-state index contributed by atoms with van der Waals surface area (Å²) in [4.78, 5) is 26.1. The highest BCUT2D eigenvalue weighted by Gasteiger charge is 2.20. The predicted octanol–water partition coefficient (Wildman–Crippen LogP) is 3.15. The van der Waals surface area contributed by atoms with Crippen LogP contribution in [0.1, 0.15) is 16.2 Å². The molecule has 0 fully saturated rings. The van der Waals surface area contributed by atoms with Gasteiger partial charge in [0.1, 0.15) is 5.82 Å². The molecule has 3 rings (SSSR count). The highest BCUT2D eigenvalue weighted by molar-refractivity contribution is 5.90. The molecule has 1 aromatic heterocycles. The number of rotatable bonds is 6. The summed E-state index contributed by atoms with van der Waals surface area (Å²) < 4.78 is 27.9. The van der Waals surface area contributed by atoms with Gasteiger partial charge >= 0.3 is 11.7 Å². The van der Waals surface area contributed by atoms with Gasteiger partial charge in [-0.05, 0) is 36.4 Å². The van der Waals surface area contributed by atoms with Crippen molar-refractivity contribution in [2.24, 2.45) is 0 Å². The molecule has 0 bridgehead atoms. The Morgan fingerprint density at radius 3 is 2.67 bits per heavy atom. The highest BCUT2D eigenvalue weighted by Crippen LogP contribution is 2.29. The topological polar surface area (TPSA) is 118 Å². The van der Waals surface area contributed by atoms with Gasteiger partial charge in [0.05, 0.1) is 17.6 Å². The van der Waals surface area contributed by atoms with Crippen molar-refractivity contribution < 1.29 is 28.1 Å². The zero-order valence-electron chi connectivity index (χ0n) is 13.9. The molecule has 0 saturated carbocycles. The molecule has 0 aliphatic rings. The molecule has 3 aromatic rings. The molecule has 2 aromatic carbocycles. The van der Waals surface area contributed by atoms with Gasteiger partial charge in [-0.15, -0.1) is 0 Å². The van der Waals surface area contributed by atoms with Crippen LogP contribution in [0.25, 0.3) is 11.4 Å². The molecule has 0 spiro atoms. The minimum atomic E-state index is -0.703. The van der Waals surface area contributed by atoms with Crippen molar-refractivity contribution >= 4 is 11.7 Å². The first-order valence-electron chi connectivity index (χ1n) is 7.56. The summed E-state index contributed by atoms with van der Waals surface area (Å²) in [6.45, 7) is -0.230. The summed E-state index contributed by atoms with van der Waals surface area (Å²) in [5.41, 5.74) is 0.156. The maximum absolute atomic E-state index is 13.0. The van der Waals surface area contributed by atoms with Crippen molar-refractivity contribution in [1.29, 1.82) is 0 Å². The van der Waals surface area contributed by atoms with E-state index in [4.69, 9.17) is 9.26 Å². The number of hydrogen-bond acceptors (Lipinski definition) is 8. The largest absolute Gasteiger partial charge is 0.477 e. The van der Waals surface area contributed by atoms with Gasteiger partial charge in [-0.3, -0.25) is 10.1 Å². The van der Waals surface area contributed by atoms with E-state index < -0.39 is 22.4 Å². The first-order chi connectivity index (χ1) is 13.0. The third-order valence-corrected chi connectivity index (χ3v) is 3.50. The second-order valence-corrected chi connectivity index (χ2v) is 5.24. The van der Waals surface area contributed by atoms with E-state index >= 15 is 0 Å². The maximum Gasteiger partial charge on any atom is 0.338 e. The van der Waals surface area contributed by atoms with E-state index in [0.29, 0.717) is 5.56 Å². The van der Waals surface area contributed by atoms with E-state index in [1.54, 1.807) is 0 Å². The summed E-state index contributed by atoms with van der Waals surface area (Å²) in [5.74, 6) is -0.877. The van der Waals surface area contributed by atoms with Gasteiger partial charge in [-0.2, -0.15) is 4.98 Å². The lowest BCUT2D eigenvalue weighted by atomic mass is 10.2. The van der Waals surface area contributed by atoms with E-state index in [9.17, 15) is 19.3 Å². The first kappa shape index (κ1) is 18.0. The van der Waals surface area contributed by atoms with Gasteiger partial charge in [0, 0.05) is 11.6 Å². The first-order valence-corrected chi connectivity index (χ1v) is 7.56. The van der Waals surface area contributed by atoms with Crippen LogP contribution >= 0.6 is 0 Å². The summed E-state index contributed by atoms with van der Waals surface area (Å²) in [6.07, 6.45) is 0. The van der Waals surface area contributed by atoms with Crippen molar-refractivity contribution in [1.82, 2.24) is 10.1 Å². The molecular weight excluding hydrogens is 361 g/mol. The fourth-order valence-electron chi connectivity index (χ4n) is 2.20. The van der Waals surface area contributed by atoms with Crippen LogP contribution in [0, 0.1) is 15.9 Å². The quantitative estimate of drug-likeness (QED) is 0.367. The molecule has 10 heteroatoms. The average Bonchev–Trinajstić information content (AvgIpc) is 3.15. The normalized spacial score (nSPS) is 10.4. The Kier molecular flexibility index (Phi) is 5.06. The number of aromatic nitrogens is 2. The zero-order valence-corrected chi connectivity index (χ0v) is 13.9. The molecule has 0 radical (unpaired) electrons. The Morgan fingerprint density at radius 2 is 2.00 bits per heavy atom. The number of carbonyl (C=O) groups excluding carboxylic acids is 1. The molecule has 9 nitrogen and oxygen atoms in total. The number of esters is 1. The maximum atomic E-state index is 13.0. The van der Waals surface area contributed by atoms with Crippen molar-refractivity contribution in [3.05, 3.63) is 69.9 Å². The second-order valence-electron chi connectivity index (χ2n) is 5.24. The van der Waals surface area contributed by atoms with Gasteiger partial charge in [0.25, 0.3) is 5.89 Å². The van der Waals surface area contributed by atoms with Gasteiger partial charge in [0.15, 0.2) is 12.4 Å².